The molecule has 0 spiro atoms. The predicted molar refractivity (Wildman–Crippen MR) is 111 cm³/mol. The molecule has 29 heavy (non-hydrogen) atoms. The van der Waals surface area contributed by atoms with E-state index in [0.717, 1.165) is 5.39 Å². The first-order valence-electron chi connectivity index (χ1n) is 9.27. The lowest BCUT2D eigenvalue weighted by atomic mass is 10.1. The lowest BCUT2D eigenvalue weighted by molar-refractivity contribution is -0.116. The molecule has 152 valence electrons. The molecule has 1 heterocycles. The van der Waals surface area contributed by atoms with E-state index in [-0.39, 0.29) is 24.1 Å². The van der Waals surface area contributed by atoms with Gasteiger partial charge in [0.05, 0.1) is 19.9 Å². The van der Waals surface area contributed by atoms with E-state index in [1.54, 1.807) is 37.4 Å². The van der Waals surface area contributed by atoms with Crippen molar-refractivity contribution in [1.82, 2.24) is 4.90 Å². The molecule has 0 fully saturated rings. The normalized spacial score (nSPS) is 10.6. The minimum atomic E-state index is -0.338. The summed E-state index contributed by atoms with van der Waals surface area (Å²) in [6.07, 6.45) is 0. The number of anilines is 1. The van der Waals surface area contributed by atoms with Crippen LogP contribution in [0, 0.1) is 6.92 Å². The van der Waals surface area contributed by atoms with E-state index in [2.05, 4.69) is 5.32 Å². The molecule has 3 aromatic rings. The molecule has 7 nitrogen and oxygen atoms in total. The van der Waals surface area contributed by atoms with Gasteiger partial charge in [-0.3, -0.25) is 9.59 Å². The highest BCUT2D eigenvalue weighted by Crippen LogP contribution is 2.29. The van der Waals surface area contributed by atoms with Gasteiger partial charge < -0.3 is 24.1 Å². The molecule has 0 unspecified atom stereocenters. The quantitative estimate of drug-likeness (QED) is 0.656. The zero-order chi connectivity index (χ0) is 21.0. The third kappa shape index (κ3) is 4.18. The third-order valence-corrected chi connectivity index (χ3v) is 4.72. The average molecular weight is 396 g/mol. The fourth-order valence-electron chi connectivity index (χ4n) is 3.11. The largest absolute Gasteiger partial charge is 0.497 e. The molecule has 0 atom stereocenters. The molecular formula is C22H24N2O5. The van der Waals surface area contributed by atoms with Crippen LogP contribution in [0.1, 0.15) is 23.0 Å². The topological polar surface area (TPSA) is 81.0 Å². The molecule has 0 radical (unpaired) electrons. The van der Waals surface area contributed by atoms with E-state index >= 15 is 0 Å². The van der Waals surface area contributed by atoms with Crippen LogP contribution in [-0.2, 0) is 4.79 Å². The summed E-state index contributed by atoms with van der Waals surface area (Å²) in [5.41, 5.74) is 1.86. The Kier molecular flexibility index (Phi) is 6.07. The van der Waals surface area contributed by atoms with Crippen LogP contribution < -0.4 is 14.8 Å². The van der Waals surface area contributed by atoms with E-state index in [1.807, 2.05) is 26.0 Å². The molecule has 1 N–H and O–H groups in total. The molecule has 7 heteroatoms. The van der Waals surface area contributed by atoms with Gasteiger partial charge in [-0.1, -0.05) is 12.1 Å². The second-order valence-electron chi connectivity index (χ2n) is 6.49. The first kappa shape index (κ1) is 20.3. The molecule has 3 rings (SSSR count). The highest BCUT2D eigenvalue weighted by atomic mass is 16.5. The Morgan fingerprint density at radius 3 is 2.55 bits per heavy atom. The van der Waals surface area contributed by atoms with Gasteiger partial charge in [0.2, 0.25) is 5.91 Å². The number of likely N-dealkylation sites (N-methyl/N-ethyl adjacent to an activating group) is 1. The minimum absolute atomic E-state index is 0.104. The second kappa shape index (κ2) is 8.68. The zero-order valence-corrected chi connectivity index (χ0v) is 16.9. The van der Waals surface area contributed by atoms with E-state index < -0.39 is 0 Å². The molecule has 0 aliphatic carbocycles. The monoisotopic (exact) mass is 396 g/mol. The average Bonchev–Trinajstić information content (AvgIpc) is 3.07. The number of para-hydroxylation sites is 2. The second-order valence-corrected chi connectivity index (χ2v) is 6.49. The van der Waals surface area contributed by atoms with Crippen molar-refractivity contribution in [3.05, 3.63) is 53.8 Å². The van der Waals surface area contributed by atoms with Gasteiger partial charge in [-0.05, 0) is 44.2 Å². The van der Waals surface area contributed by atoms with Gasteiger partial charge in [0.25, 0.3) is 5.91 Å². The van der Waals surface area contributed by atoms with Crippen LogP contribution in [0.3, 0.4) is 0 Å². The molecule has 0 saturated carbocycles. The molecular weight excluding hydrogens is 372 g/mol. The summed E-state index contributed by atoms with van der Waals surface area (Å²) in [7, 11) is 3.12. The van der Waals surface area contributed by atoms with Gasteiger partial charge in [-0.25, -0.2) is 0 Å². The van der Waals surface area contributed by atoms with Crippen LogP contribution >= 0.6 is 0 Å². The summed E-state index contributed by atoms with van der Waals surface area (Å²) in [4.78, 5) is 27.0. The molecule has 0 saturated heterocycles. The van der Waals surface area contributed by atoms with Crippen molar-refractivity contribution in [2.75, 3.05) is 32.6 Å². The van der Waals surface area contributed by atoms with Crippen LogP contribution in [0.25, 0.3) is 11.0 Å². The smallest absolute Gasteiger partial charge is 0.290 e. The number of nitrogens with one attached hydrogen (secondary N) is 1. The summed E-state index contributed by atoms with van der Waals surface area (Å²) >= 11 is 0. The Morgan fingerprint density at radius 2 is 1.86 bits per heavy atom. The summed E-state index contributed by atoms with van der Waals surface area (Å²) in [5.74, 6) is 0.803. The summed E-state index contributed by atoms with van der Waals surface area (Å²) < 4.78 is 16.3. The number of aryl methyl sites for hydroxylation is 1. The lowest BCUT2D eigenvalue weighted by Gasteiger charge is -2.20. The molecule has 0 bridgehead atoms. The number of hydrogen-bond donors (Lipinski definition) is 1. The molecule has 0 aliphatic heterocycles. The minimum Gasteiger partial charge on any atom is -0.497 e. The van der Waals surface area contributed by atoms with Gasteiger partial charge in [0.15, 0.2) is 5.76 Å². The number of rotatable bonds is 7. The number of carbonyl (C=O) groups excluding carboxylic acids is 2. The van der Waals surface area contributed by atoms with Crippen LogP contribution in [-0.4, -0.2) is 44.0 Å². The SMILES string of the molecule is CCN(CC(=O)Nc1ccccc1OC)C(=O)c1oc2ccc(OC)cc2c1C. The predicted octanol–water partition coefficient (Wildman–Crippen LogP) is 3.86. The van der Waals surface area contributed by atoms with Crippen LogP contribution in [0.5, 0.6) is 11.5 Å². The molecule has 1 aromatic heterocycles. The van der Waals surface area contributed by atoms with Crippen molar-refractivity contribution in [3.8, 4) is 11.5 Å². The summed E-state index contributed by atoms with van der Waals surface area (Å²) in [6, 6.07) is 12.5. The number of benzene rings is 2. The van der Waals surface area contributed by atoms with Crippen LogP contribution in [0.2, 0.25) is 0 Å². The number of ether oxygens (including phenoxy) is 2. The molecule has 0 aliphatic rings. The maximum atomic E-state index is 13.0. The Labute approximate surface area is 169 Å². The number of amides is 2. The van der Waals surface area contributed by atoms with Crippen molar-refractivity contribution < 1.29 is 23.5 Å². The third-order valence-electron chi connectivity index (χ3n) is 4.72. The highest BCUT2D eigenvalue weighted by molar-refractivity contribution is 6.02. The summed E-state index contributed by atoms with van der Waals surface area (Å²) in [6.45, 7) is 3.89. The first-order valence-corrected chi connectivity index (χ1v) is 9.27. The first-order chi connectivity index (χ1) is 14.0. The molecule has 2 amide bonds. The molecule has 2 aromatic carbocycles. The van der Waals surface area contributed by atoms with E-state index in [4.69, 9.17) is 13.9 Å². The fourth-order valence-corrected chi connectivity index (χ4v) is 3.11. The number of carbonyl (C=O) groups is 2. The zero-order valence-electron chi connectivity index (χ0n) is 16.9. The highest BCUT2D eigenvalue weighted by Gasteiger charge is 2.24. The number of methoxy groups -OCH3 is 2. The van der Waals surface area contributed by atoms with Gasteiger partial charge in [-0.15, -0.1) is 0 Å². The van der Waals surface area contributed by atoms with Gasteiger partial charge in [0, 0.05) is 17.5 Å². The maximum absolute atomic E-state index is 13.0. The lowest BCUT2D eigenvalue weighted by Crippen LogP contribution is -2.38. The Bertz CT molecular complexity index is 1040. The van der Waals surface area contributed by atoms with E-state index in [9.17, 15) is 9.59 Å². The van der Waals surface area contributed by atoms with Gasteiger partial charge >= 0.3 is 0 Å². The fraction of sp³-hybridized carbons (Fsp3) is 0.273. The number of nitrogens with zero attached hydrogens (tertiary/aromatic N) is 1. The van der Waals surface area contributed by atoms with Crippen molar-refractivity contribution in [1.29, 1.82) is 0 Å². The van der Waals surface area contributed by atoms with Crippen molar-refractivity contribution in [2.45, 2.75) is 13.8 Å². The Morgan fingerprint density at radius 1 is 1.10 bits per heavy atom. The standard InChI is InChI=1S/C22H24N2O5/c1-5-24(13-20(25)23-17-8-6-7-9-19(17)28-4)22(26)21-14(2)16-12-15(27-3)10-11-18(16)29-21/h6-12H,5,13H2,1-4H3,(H,23,25). The van der Waals surface area contributed by atoms with Gasteiger partial charge in [-0.2, -0.15) is 0 Å². The van der Waals surface area contributed by atoms with Crippen molar-refractivity contribution in [3.63, 3.8) is 0 Å². The van der Waals surface area contributed by atoms with Crippen LogP contribution in [0.15, 0.2) is 46.9 Å². The van der Waals surface area contributed by atoms with Crippen molar-refractivity contribution >= 4 is 28.5 Å². The van der Waals surface area contributed by atoms with Crippen molar-refractivity contribution in [2.24, 2.45) is 0 Å². The van der Waals surface area contributed by atoms with Crippen LogP contribution in [0.4, 0.5) is 5.69 Å². The number of furan rings is 1. The Hall–Kier alpha value is -3.48. The Balaban J connectivity index is 1.79. The van der Waals surface area contributed by atoms with E-state index in [1.165, 1.54) is 12.0 Å². The van der Waals surface area contributed by atoms with E-state index in [0.29, 0.717) is 34.9 Å². The maximum Gasteiger partial charge on any atom is 0.290 e. The number of fused-ring (bicyclic) bond motifs is 1. The number of hydrogen-bond acceptors (Lipinski definition) is 5. The summed E-state index contributed by atoms with van der Waals surface area (Å²) in [5, 5.41) is 3.59. The van der Waals surface area contributed by atoms with Gasteiger partial charge in [0.1, 0.15) is 23.6 Å².